The maximum atomic E-state index is 12.3. The van der Waals surface area contributed by atoms with Crippen LogP contribution in [-0.2, 0) is 10.0 Å². The van der Waals surface area contributed by atoms with E-state index in [4.69, 9.17) is 4.74 Å². The van der Waals surface area contributed by atoms with Crippen molar-refractivity contribution in [2.24, 2.45) is 0 Å². The molecule has 0 fully saturated rings. The number of hydrogen-bond donors (Lipinski definition) is 2. The molecule has 22 heavy (non-hydrogen) atoms. The van der Waals surface area contributed by atoms with Gasteiger partial charge < -0.3 is 10.1 Å². The van der Waals surface area contributed by atoms with Crippen LogP contribution in [0.1, 0.15) is 13.8 Å². The second-order valence-corrected chi connectivity index (χ2v) is 6.69. The summed E-state index contributed by atoms with van der Waals surface area (Å²) in [6.07, 6.45) is 1.59. The molecule has 0 aliphatic heterocycles. The first-order chi connectivity index (χ1) is 10.4. The van der Waals surface area contributed by atoms with Crippen LogP contribution in [0.3, 0.4) is 0 Å². The summed E-state index contributed by atoms with van der Waals surface area (Å²) in [5.74, 6) is 0.867. The second kappa shape index (κ2) is 6.65. The molecule has 2 aromatic rings. The zero-order valence-corrected chi connectivity index (χ0v) is 13.5. The van der Waals surface area contributed by atoms with Gasteiger partial charge in [-0.25, -0.2) is 13.4 Å². The van der Waals surface area contributed by atoms with Crippen LogP contribution in [0.15, 0.2) is 47.5 Å². The van der Waals surface area contributed by atoms with Crippen LogP contribution in [0.5, 0.6) is 5.75 Å². The fraction of sp³-hybridized carbons (Fsp3) is 0.267. The third-order valence-electron chi connectivity index (χ3n) is 2.83. The third kappa shape index (κ3) is 4.11. The third-order valence-corrected chi connectivity index (χ3v) is 4.20. The lowest BCUT2D eigenvalue weighted by atomic mass is 10.3. The molecule has 0 bridgehead atoms. The smallest absolute Gasteiger partial charge is 0.263 e. The molecule has 1 heterocycles. The van der Waals surface area contributed by atoms with Crippen molar-refractivity contribution < 1.29 is 13.2 Å². The van der Waals surface area contributed by atoms with Crippen LogP contribution in [0, 0.1) is 0 Å². The number of hydrogen-bond acceptors (Lipinski definition) is 5. The highest BCUT2D eigenvalue weighted by Gasteiger charge is 2.14. The van der Waals surface area contributed by atoms with Gasteiger partial charge in [0.1, 0.15) is 11.6 Å². The molecule has 0 aliphatic carbocycles. The van der Waals surface area contributed by atoms with Crippen molar-refractivity contribution in [1.29, 1.82) is 0 Å². The first-order valence-electron chi connectivity index (χ1n) is 6.80. The Kier molecular flexibility index (Phi) is 4.87. The molecule has 7 heteroatoms. The zero-order valence-electron chi connectivity index (χ0n) is 12.7. The highest BCUT2D eigenvalue weighted by molar-refractivity contribution is 7.92. The van der Waals surface area contributed by atoms with Gasteiger partial charge in [0.05, 0.1) is 23.9 Å². The summed E-state index contributed by atoms with van der Waals surface area (Å²) < 4.78 is 32.0. The molecule has 0 atom stereocenters. The Morgan fingerprint density at radius 3 is 2.27 bits per heavy atom. The van der Waals surface area contributed by atoms with E-state index in [9.17, 15) is 8.42 Å². The fourth-order valence-electron chi connectivity index (χ4n) is 1.82. The zero-order chi connectivity index (χ0) is 16.2. The van der Waals surface area contributed by atoms with Crippen LogP contribution in [0.4, 0.5) is 11.5 Å². The summed E-state index contributed by atoms with van der Waals surface area (Å²) in [6, 6.07) is 9.83. The second-order valence-electron chi connectivity index (χ2n) is 5.01. The van der Waals surface area contributed by atoms with Crippen molar-refractivity contribution in [2.75, 3.05) is 17.1 Å². The summed E-state index contributed by atoms with van der Waals surface area (Å²) in [4.78, 5) is 4.25. The van der Waals surface area contributed by atoms with Gasteiger partial charge in [-0.1, -0.05) is 0 Å². The molecular weight excluding hydrogens is 302 g/mol. The Morgan fingerprint density at radius 1 is 1.09 bits per heavy atom. The number of rotatable bonds is 6. The van der Waals surface area contributed by atoms with Crippen molar-refractivity contribution in [3.8, 4) is 5.75 Å². The van der Waals surface area contributed by atoms with Gasteiger partial charge in [-0.15, -0.1) is 0 Å². The minimum atomic E-state index is -3.66. The molecule has 6 nitrogen and oxygen atoms in total. The SMILES string of the molecule is COc1ccc(S(=O)(=O)Nc2ccc(NC(C)C)cn2)cc1. The van der Waals surface area contributed by atoms with Crippen molar-refractivity contribution in [3.05, 3.63) is 42.6 Å². The molecule has 0 amide bonds. The maximum absolute atomic E-state index is 12.3. The molecule has 0 saturated heterocycles. The minimum Gasteiger partial charge on any atom is -0.497 e. The predicted molar refractivity (Wildman–Crippen MR) is 86.8 cm³/mol. The topological polar surface area (TPSA) is 80.3 Å². The molecule has 0 unspecified atom stereocenters. The first kappa shape index (κ1) is 16.1. The normalized spacial score (nSPS) is 11.3. The number of nitrogens with one attached hydrogen (secondary N) is 2. The number of ether oxygens (including phenoxy) is 1. The van der Waals surface area contributed by atoms with E-state index in [0.717, 1.165) is 5.69 Å². The summed E-state index contributed by atoms with van der Waals surface area (Å²) in [6.45, 7) is 4.03. The average molecular weight is 321 g/mol. The molecule has 0 radical (unpaired) electrons. The van der Waals surface area contributed by atoms with Crippen LogP contribution in [-0.4, -0.2) is 26.6 Å². The van der Waals surface area contributed by atoms with Crippen molar-refractivity contribution in [3.63, 3.8) is 0 Å². The largest absolute Gasteiger partial charge is 0.497 e. The van der Waals surface area contributed by atoms with Gasteiger partial charge in [0.15, 0.2) is 0 Å². The van der Waals surface area contributed by atoms with Gasteiger partial charge >= 0.3 is 0 Å². The van der Waals surface area contributed by atoms with E-state index in [2.05, 4.69) is 15.0 Å². The summed E-state index contributed by atoms with van der Waals surface area (Å²) in [5.41, 5.74) is 0.836. The lowest BCUT2D eigenvalue weighted by Crippen LogP contribution is -2.14. The molecule has 0 spiro atoms. The van der Waals surface area contributed by atoms with Crippen molar-refractivity contribution in [2.45, 2.75) is 24.8 Å². The number of nitrogens with zero attached hydrogens (tertiary/aromatic N) is 1. The van der Waals surface area contributed by atoms with Gasteiger partial charge in [-0.3, -0.25) is 4.72 Å². The molecule has 118 valence electrons. The maximum Gasteiger partial charge on any atom is 0.263 e. The molecule has 0 saturated carbocycles. The Balaban J connectivity index is 2.13. The predicted octanol–water partition coefficient (Wildman–Crippen LogP) is 2.71. The van der Waals surface area contributed by atoms with Crippen LogP contribution in [0.25, 0.3) is 0 Å². The van der Waals surface area contributed by atoms with Crippen LogP contribution in [0.2, 0.25) is 0 Å². The summed E-state index contributed by atoms with van der Waals surface area (Å²) in [5, 5.41) is 3.19. The Bertz CT molecular complexity index is 711. The molecule has 1 aromatic heterocycles. The quantitative estimate of drug-likeness (QED) is 0.855. The van der Waals surface area contributed by atoms with Gasteiger partial charge in [0.2, 0.25) is 0 Å². The highest BCUT2D eigenvalue weighted by Crippen LogP contribution is 2.19. The molecule has 2 N–H and O–H groups in total. The Morgan fingerprint density at radius 2 is 1.77 bits per heavy atom. The number of benzene rings is 1. The van der Waals surface area contributed by atoms with Gasteiger partial charge in [-0.05, 0) is 50.2 Å². The minimum absolute atomic E-state index is 0.152. The highest BCUT2D eigenvalue weighted by atomic mass is 32.2. The first-order valence-corrected chi connectivity index (χ1v) is 8.28. The van der Waals surface area contributed by atoms with E-state index in [1.54, 1.807) is 30.5 Å². The Hall–Kier alpha value is -2.28. The van der Waals surface area contributed by atoms with E-state index in [0.29, 0.717) is 5.75 Å². The van der Waals surface area contributed by atoms with E-state index < -0.39 is 10.0 Å². The molecule has 2 rings (SSSR count). The molecule has 0 aliphatic rings. The molecular formula is C15H19N3O3S. The average Bonchev–Trinajstić information content (AvgIpc) is 2.48. The van der Waals surface area contributed by atoms with Gasteiger partial charge in [0, 0.05) is 6.04 Å². The van der Waals surface area contributed by atoms with E-state index >= 15 is 0 Å². The van der Waals surface area contributed by atoms with Crippen molar-refractivity contribution >= 4 is 21.5 Å². The van der Waals surface area contributed by atoms with E-state index in [-0.39, 0.29) is 16.8 Å². The lowest BCUT2D eigenvalue weighted by Gasteiger charge is -2.11. The van der Waals surface area contributed by atoms with Crippen LogP contribution >= 0.6 is 0 Å². The fourth-order valence-corrected chi connectivity index (χ4v) is 2.83. The number of pyridine rings is 1. The summed E-state index contributed by atoms with van der Waals surface area (Å²) in [7, 11) is -2.14. The van der Waals surface area contributed by atoms with Crippen molar-refractivity contribution in [1.82, 2.24) is 4.98 Å². The number of sulfonamides is 1. The van der Waals surface area contributed by atoms with E-state index in [1.165, 1.54) is 19.2 Å². The van der Waals surface area contributed by atoms with Gasteiger partial charge in [0.25, 0.3) is 10.0 Å². The monoisotopic (exact) mass is 321 g/mol. The number of aromatic nitrogens is 1. The standard InChI is InChI=1S/C15H19N3O3S/c1-11(2)17-12-4-9-15(16-10-12)18-22(19,20)14-7-5-13(21-3)6-8-14/h4-11,17H,1-3H3,(H,16,18). The van der Waals surface area contributed by atoms with Crippen LogP contribution < -0.4 is 14.8 Å². The van der Waals surface area contributed by atoms with E-state index in [1.807, 2.05) is 13.8 Å². The summed E-state index contributed by atoms with van der Waals surface area (Å²) >= 11 is 0. The number of methoxy groups -OCH3 is 1. The molecule has 1 aromatic carbocycles. The number of anilines is 2. The van der Waals surface area contributed by atoms with Gasteiger partial charge in [-0.2, -0.15) is 0 Å². The lowest BCUT2D eigenvalue weighted by molar-refractivity contribution is 0.414. The Labute approximate surface area is 130 Å².